The first-order valence-corrected chi connectivity index (χ1v) is 12.5. The third-order valence-corrected chi connectivity index (χ3v) is 6.78. The van der Waals surface area contributed by atoms with E-state index in [2.05, 4.69) is 15.7 Å². The number of nitrogens with zero attached hydrogens (tertiary/aromatic N) is 4. The van der Waals surface area contributed by atoms with Gasteiger partial charge in [0.25, 0.3) is 5.91 Å². The van der Waals surface area contributed by atoms with Gasteiger partial charge in [0.2, 0.25) is 0 Å². The minimum absolute atomic E-state index is 0.120. The molecule has 3 aromatic carbocycles. The van der Waals surface area contributed by atoms with Crippen LogP contribution in [-0.2, 0) is 19.8 Å². The minimum atomic E-state index is -4.56. The van der Waals surface area contributed by atoms with E-state index in [1.54, 1.807) is 39.7 Å². The van der Waals surface area contributed by atoms with E-state index in [0.717, 1.165) is 46.1 Å². The summed E-state index contributed by atoms with van der Waals surface area (Å²) in [7, 11) is 3.54. The van der Waals surface area contributed by atoms with Crippen molar-refractivity contribution in [2.75, 3.05) is 27.5 Å². The van der Waals surface area contributed by atoms with Gasteiger partial charge < -0.3 is 10.6 Å². The molecule has 4 aromatic rings. The number of benzene rings is 3. The smallest absolute Gasteiger partial charge is 0.340 e. The quantitative estimate of drug-likeness (QED) is 0.293. The lowest BCUT2D eigenvalue weighted by atomic mass is 10.1. The van der Waals surface area contributed by atoms with Gasteiger partial charge in [-0.3, -0.25) is 19.3 Å². The van der Waals surface area contributed by atoms with E-state index < -0.39 is 17.6 Å². The number of urea groups is 1. The summed E-state index contributed by atoms with van der Waals surface area (Å²) in [5.74, 6) is 0.139. The lowest BCUT2D eigenvalue weighted by Gasteiger charge is -2.36. The fraction of sp³-hybridized carbons (Fsp3) is 0.207. The number of halogens is 3. The molecule has 1 aliphatic heterocycles. The van der Waals surface area contributed by atoms with Crippen LogP contribution >= 0.6 is 0 Å². The normalized spacial score (nSPS) is 13.3. The van der Waals surface area contributed by atoms with Crippen molar-refractivity contribution in [2.24, 2.45) is 7.05 Å². The van der Waals surface area contributed by atoms with Crippen LogP contribution in [0.5, 0.6) is 0 Å². The Hall–Kier alpha value is -4.80. The third-order valence-electron chi connectivity index (χ3n) is 6.78. The van der Waals surface area contributed by atoms with Gasteiger partial charge in [-0.1, -0.05) is 18.2 Å². The predicted molar refractivity (Wildman–Crippen MR) is 148 cm³/mol. The number of fused-ring (bicyclic) bond motifs is 1. The summed E-state index contributed by atoms with van der Waals surface area (Å²) in [5, 5.41) is 10.3. The van der Waals surface area contributed by atoms with Crippen LogP contribution in [-0.4, -0.2) is 28.8 Å². The minimum Gasteiger partial charge on any atom is -0.340 e. The van der Waals surface area contributed by atoms with Gasteiger partial charge >= 0.3 is 12.2 Å². The summed E-state index contributed by atoms with van der Waals surface area (Å²) < 4.78 is 41.0. The molecule has 0 saturated carbocycles. The summed E-state index contributed by atoms with van der Waals surface area (Å²) in [5.41, 5.74) is 4.09. The maximum Gasteiger partial charge on any atom is 0.416 e. The van der Waals surface area contributed by atoms with Crippen LogP contribution in [0.4, 0.5) is 46.5 Å². The molecule has 0 saturated heterocycles. The number of amides is 3. The Balaban J connectivity index is 1.38. The molecule has 0 unspecified atom stereocenters. The Morgan fingerprint density at radius 2 is 1.65 bits per heavy atom. The Morgan fingerprint density at radius 1 is 0.925 bits per heavy atom. The lowest BCUT2D eigenvalue weighted by molar-refractivity contribution is -0.137. The van der Waals surface area contributed by atoms with Crippen molar-refractivity contribution in [3.8, 4) is 0 Å². The number of anilines is 5. The highest BCUT2D eigenvalue weighted by Gasteiger charge is 2.32. The second kappa shape index (κ2) is 10.1. The third kappa shape index (κ3) is 5.22. The SMILES string of the molecule is Cc1cc(Nc2ccc3c(c2)N(C)C(=O)N(c2cc(NC(=O)c4cccc(C(F)(F)F)c4)ccc2C)C3)n(C)n1. The van der Waals surface area contributed by atoms with Crippen molar-refractivity contribution < 1.29 is 22.8 Å². The lowest BCUT2D eigenvalue weighted by Crippen LogP contribution is -2.45. The molecular weight excluding hydrogens is 521 g/mol. The average molecular weight is 549 g/mol. The maximum absolute atomic E-state index is 13.5. The van der Waals surface area contributed by atoms with Crippen molar-refractivity contribution in [2.45, 2.75) is 26.6 Å². The summed E-state index contributed by atoms with van der Waals surface area (Å²) >= 11 is 0. The van der Waals surface area contributed by atoms with E-state index in [1.807, 2.05) is 45.2 Å². The maximum atomic E-state index is 13.5. The fourth-order valence-corrected chi connectivity index (χ4v) is 4.69. The highest BCUT2D eigenvalue weighted by molar-refractivity contribution is 6.08. The molecule has 2 heterocycles. The van der Waals surface area contributed by atoms with Gasteiger partial charge in [0.1, 0.15) is 5.82 Å². The van der Waals surface area contributed by atoms with Crippen molar-refractivity contribution in [3.63, 3.8) is 0 Å². The van der Waals surface area contributed by atoms with Crippen molar-refractivity contribution in [1.29, 1.82) is 0 Å². The van der Waals surface area contributed by atoms with Gasteiger partial charge in [-0.2, -0.15) is 18.3 Å². The number of aryl methyl sites for hydroxylation is 3. The first-order chi connectivity index (χ1) is 18.9. The molecule has 0 radical (unpaired) electrons. The van der Waals surface area contributed by atoms with Crippen LogP contribution in [0.15, 0.2) is 66.7 Å². The Labute approximate surface area is 229 Å². The van der Waals surface area contributed by atoms with E-state index >= 15 is 0 Å². The number of nitrogens with one attached hydrogen (secondary N) is 2. The van der Waals surface area contributed by atoms with E-state index in [9.17, 15) is 22.8 Å². The van der Waals surface area contributed by atoms with Gasteiger partial charge in [0, 0.05) is 37.1 Å². The molecule has 2 N–H and O–H groups in total. The monoisotopic (exact) mass is 548 g/mol. The van der Waals surface area contributed by atoms with Crippen LogP contribution in [0.2, 0.25) is 0 Å². The number of carbonyl (C=O) groups is 2. The molecule has 0 bridgehead atoms. The van der Waals surface area contributed by atoms with Gasteiger partial charge in [-0.25, -0.2) is 4.79 Å². The topological polar surface area (TPSA) is 82.5 Å². The first-order valence-electron chi connectivity index (χ1n) is 12.5. The molecule has 3 amide bonds. The number of hydrogen-bond donors (Lipinski definition) is 2. The molecule has 0 atom stereocenters. The molecule has 0 fully saturated rings. The second-order valence-corrected chi connectivity index (χ2v) is 9.72. The Morgan fingerprint density at radius 3 is 2.35 bits per heavy atom. The van der Waals surface area contributed by atoms with Crippen LogP contribution < -0.4 is 20.4 Å². The molecule has 40 heavy (non-hydrogen) atoms. The largest absolute Gasteiger partial charge is 0.416 e. The zero-order valence-corrected chi connectivity index (χ0v) is 22.3. The zero-order valence-electron chi connectivity index (χ0n) is 22.3. The highest BCUT2D eigenvalue weighted by Crippen LogP contribution is 2.36. The van der Waals surface area contributed by atoms with Crippen molar-refractivity contribution in [1.82, 2.24) is 9.78 Å². The fourth-order valence-electron chi connectivity index (χ4n) is 4.69. The van der Waals surface area contributed by atoms with Gasteiger partial charge in [0.15, 0.2) is 0 Å². The molecule has 1 aliphatic rings. The summed E-state index contributed by atoms with van der Waals surface area (Å²) in [6.45, 7) is 4.06. The summed E-state index contributed by atoms with van der Waals surface area (Å²) in [6, 6.07) is 16.7. The molecule has 0 spiro atoms. The van der Waals surface area contributed by atoms with Crippen molar-refractivity contribution in [3.05, 3.63) is 94.7 Å². The van der Waals surface area contributed by atoms with Crippen LogP contribution in [0, 0.1) is 13.8 Å². The molecule has 11 heteroatoms. The van der Waals surface area contributed by atoms with Gasteiger partial charge in [-0.15, -0.1) is 0 Å². The van der Waals surface area contributed by atoms with Gasteiger partial charge in [0.05, 0.1) is 29.2 Å². The first kappa shape index (κ1) is 26.8. The average Bonchev–Trinajstić information content (AvgIpc) is 3.23. The molecular formula is C29H27F3N6O2. The highest BCUT2D eigenvalue weighted by atomic mass is 19.4. The Kier molecular flexibility index (Phi) is 6.74. The standard InChI is InChI=1S/C29H27F3N6O2/c1-17-8-10-23(34-27(39)19-6-5-7-21(13-19)29(30,31)32)14-24(17)38-16-20-9-11-22(15-25(20)36(3)28(38)40)33-26-12-18(2)35-37(26)4/h5-15,33H,16H2,1-4H3,(H,34,39). The number of aromatic nitrogens is 2. The van der Waals surface area contributed by atoms with E-state index in [4.69, 9.17) is 0 Å². The molecule has 8 nitrogen and oxygen atoms in total. The van der Waals surface area contributed by atoms with E-state index in [-0.39, 0.29) is 11.6 Å². The molecule has 206 valence electrons. The number of rotatable bonds is 5. The van der Waals surface area contributed by atoms with Crippen LogP contribution in [0.3, 0.4) is 0 Å². The van der Waals surface area contributed by atoms with E-state index in [0.29, 0.717) is 17.9 Å². The number of alkyl halides is 3. The number of carbonyl (C=O) groups excluding carboxylic acids is 2. The number of hydrogen-bond acceptors (Lipinski definition) is 4. The summed E-state index contributed by atoms with van der Waals surface area (Å²) in [6.07, 6.45) is -4.56. The van der Waals surface area contributed by atoms with Crippen molar-refractivity contribution >= 4 is 40.5 Å². The van der Waals surface area contributed by atoms with Gasteiger partial charge in [-0.05, 0) is 67.4 Å². The molecule has 1 aromatic heterocycles. The van der Waals surface area contributed by atoms with Crippen LogP contribution in [0.1, 0.15) is 32.7 Å². The van der Waals surface area contributed by atoms with Crippen LogP contribution in [0.25, 0.3) is 0 Å². The Bertz CT molecular complexity index is 1630. The second-order valence-electron chi connectivity index (χ2n) is 9.72. The molecule has 5 rings (SSSR count). The molecule has 0 aliphatic carbocycles. The zero-order chi connectivity index (χ0) is 28.8. The van der Waals surface area contributed by atoms with E-state index in [1.165, 1.54) is 12.1 Å². The predicted octanol–water partition coefficient (Wildman–Crippen LogP) is 6.63. The summed E-state index contributed by atoms with van der Waals surface area (Å²) in [4.78, 5) is 29.4.